The molecular weight excluding hydrogens is 385 g/mol. The zero-order chi connectivity index (χ0) is 20.0. The fourth-order valence-corrected chi connectivity index (χ4v) is 3.63. The first kappa shape index (κ1) is 18.3. The Morgan fingerprint density at radius 2 is 2.07 bits per heavy atom. The molecule has 2 heterocycles. The highest BCUT2D eigenvalue weighted by Crippen LogP contribution is 2.33. The smallest absolute Gasteiger partial charge is 0.268 e. The van der Waals surface area contributed by atoms with Crippen LogP contribution >= 0.6 is 11.6 Å². The number of nitrogens with zero attached hydrogens (tertiary/aromatic N) is 1. The van der Waals surface area contributed by atoms with Crippen LogP contribution in [0.25, 0.3) is 10.9 Å². The summed E-state index contributed by atoms with van der Waals surface area (Å²) in [5.41, 5.74) is 7.48. The minimum Gasteiger partial charge on any atom is -0.493 e. The lowest BCUT2D eigenvalue weighted by molar-refractivity contribution is 0.0915. The van der Waals surface area contributed by atoms with Gasteiger partial charge in [0, 0.05) is 30.0 Å². The van der Waals surface area contributed by atoms with Gasteiger partial charge in [-0.25, -0.2) is 4.39 Å². The zero-order valence-electron chi connectivity index (χ0n) is 15.0. The number of carbonyl (C=O) groups is 2. The SMILES string of the molecule is Cn1c(C(=O)N[C@@H]2CCOc3cc(C(N)=O)ccc32)cc2cc(F)c(Cl)cc21. The molecule has 1 atom stereocenters. The topological polar surface area (TPSA) is 86.3 Å². The summed E-state index contributed by atoms with van der Waals surface area (Å²) in [6.45, 7) is 0.399. The second-order valence-corrected chi connectivity index (χ2v) is 7.10. The third-order valence-electron chi connectivity index (χ3n) is 4.96. The molecule has 28 heavy (non-hydrogen) atoms. The highest BCUT2D eigenvalue weighted by molar-refractivity contribution is 6.31. The summed E-state index contributed by atoms with van der Waals surface area (Å²) in [7, 11) is 1.72. The summed E-state index contributed by atoms with van der Waals surface area (Å²) in [5.74, 6) is -0.847. The van der Waals surface area contributed by atoms with Crippen molar-refractivity contribution in [3.63, 3.8) is 0 Å². The quantitative estimate of drug-likeness (QED) is 0.705. The van der Waals surface area contributed by atoms with E-state index >= 15 is 0 Å². The number of nitrogens with one attached hydrogen (secondary N) is 1. The van der Waals surface area contributed by atoms with Gasteiger partial charge in [0.25, 0.3) is 5.91 Å². The number of aryl methyl sites for hydroxylation is 1. The van der Waals surface area contributed by atoms with Gasteiger partial charge in [0.05, 0.1) is 23.2 Å². The van der Waals surface area contributed by atoms with Gasteiger partial charge < -0.3 is 20.4 Å². The van der Waals surface area contributed by atoms with Crippen LogP contribution in [0.1, 0.15) is 38.9 Å². The van der Waals surface area contributed by atoms with Crippen molar-refractivity contribution in [1.29, 1.82) is 0 Å². The van der Waals surface area contributed by atoms with E-state index in [1.165, 1.54) is 12.1 Å². The molecule has 1 aliphatic heterocycles. The largest absolute Gasteiger partial charge is 0.493 e. The number of hydrogen-bond acceptors (Lipinski definition) is 3. The van der Waals surface area contributed by atoms with Gasteiger partial charge >= 0.3 is 0 Å². The van der Waals surface area contributed by atoms with Gasteiger partial charge in [-0.3, -0.25) is 9.59 Å². The molecule has 6 nitrogen and oxygen atoms in total. The Hall–Kier alpha value is -3.06. The molecule has 0 fully saturated rings. The Kier molecular flexibility index (Phi) is 4.47. The van der Waals surface area contributed by atoms with E-state index in [2.05, 4.69) is 5.32 Å². The van der Waals surface area contributed by atoms with E-state index < -0.39 is 11.7 Å². The van der Waals surface area contributed by atoms with Crippen LogP contribution in [-0.4, -0.2) is 23.0 Å². The Morgan fingerprint density at radius 1 is 1.29 bits per heavy atom. The molecular formula is C20H17ClFN3O3. The first-order valence-corrected chi connectivity index (χ1v) is 9.05. The van der Waals surface area contributed by atoms with Crippen molar-refractivity contribution in [2.24, 2.45) is 12.8 Å². The first-order valence-electron chi connectivity index (χ1n) is 8.67. The number of halogens is 2. The number of benzene rings is 2. The molecule has 3 N–H and O–H groups in total. The molecule has 0 radical (unpaired) electrons. The standard InChI is InChI=1S/C20H17ClFN3O3/c1-25-16-9-13(21)14(22)6-11(16)7-17(25)20(27)24-15-4-5-28-18-8-10(19(23)26)2-3-12(15)18/h2-3,6-9,15H,4-5H2,1H3,(H2,23,26)(H,24,27)/t15-/m1/s1. The molecule has 2 amide bonds. The Labute approximate surface area is 165 Å². The number of fused-ring (bicyclic) bond motifs is 2. The molecule has 1 aromatic heterocycles. The van der Waals surface area contributed by atoms with E-state index in [-0.39, 0.29) is 17.0 Å². The number of rotatable bonds is 3. The Balaban J connectivity index is 1.64. The maximum atomic E-state index is 13.7. The predicted molar refractivity (Wildman–Crippen MR) is 103 cm³/mol. The lowest BCUT2D eigenvalue weighted by atomic mass is 9.98. The molecule has 3 aromatic rings. The second-order valence-electron chi connectivity index (χ2n) is 6.69. The van der Waals surface area contributed by atoms with Crippen molar-refractivity contribution in [3.8, 4) is 5.75 Å². The fraction of sp³-hybridized carbons (Fsp3) is 0.200. The number of ether oxygens (including phenoxy) is 1. The molecule has 2 aromatic carbocycles. The number of amides is 2. The zero-order valence-corrected chi connectivity index (χ0v) is 15.7. The lowest BCUT2D eigenvalue weighted by Gasteiger charge is -2.27. The lowest BCUT2D eigenvalue weighted by Crippen LogP contribution is -2.33. The van der Waals surface area contributed by atoms with Gasteiger partial charge in [-0.1, -0.05) is 17.7 Å². The molecule has 0 aliphatic carbocycles. The van der Waals surface area contributed by atoms with Crippen LogP contribution < -0.4 is 15.8 Å². The third kappa shape index (κ3) is 3.07. The Morgan fingerprint density at radius 3 is 2.82 bits per heavy atom. The molecule has 0 saturated heterocycles. The van der Waals surface area contributed by atoms with Crippen molar-refractivity contribution >= 4 is 34.3 Å². The highest BCUT2D eigenvalue weighted by Gasteiger charge is 2.25. The maximum Gasteiger partial charge on any atom is 0.268 e. The number of primary amides is 1. The van der Waals surface area contributed by atoms with Crippen LogP contribution in [0, 0.1) is 5.82 Å². The van der Waals surface area contributed by atoms with Gasteiger partial charge in [-0.15, -0.1) is 0 Å². The monoisotopic (exact) mass is 401 g/mol. The molecule has 0 bridgehead atoms. The van der Waals surface area contributed by atoms with Crippen LogP contribution in [0.15, 0.2) is 36.4 Å². The highest BCUT2D eigenvalue weighted by atomic mass is 35.5. The van der Waals surface area contributed by atoms with E-state index in [9.17, 15) is 14.0 Å². The predicted octanol–water partition coefficient (Wildman–Crippen LogP) is 3.32. The van der Waals surface area contributed by atoms with Gasteiger partial charge in [0.2, 0.25) is 5.91 Å². The van der Waals surface area contributed by atoms with E-state index in [4.69, 9.17) is 22.1 Å². The number of nitrogens with two attached hydrogens (primary N) is 1. The van der Waals surface area contributed by atoms with Crippen molar-refractivity contribution in [1.82, 2.24) is 9.88 Å². The Bertz CT molecular complexity index is 1130. The maximum absolute atomic E-state index is 13.7. The van der Waals surface area contributed by atoms with Gasteiger partial charge in [-0.2, -0.15) is 0 Å². The fourth-order valence-electron chi connectivity index (χ4n) is 3.47. The number of carbonyl (C=O) groups excluding carboxylic acids is 2. The minimum atomic E-state index is -0.543. The van der Waals surface area contributed by atoms with E-state index in [1.54, 1.807) is 35.9 Å². The summed E-state index contributed by atoms with van der Waals surface area (Å²) in [6, 6.07) is 9.07. The van der Waals surface area contributed by atoms with Crippen LogP contribution in [0.3, 0.4) is 0 Å². The minimum absolute atomic E-state index is 0.00395. The molecule has 4 rings (SSSR count). The van der Waals surface area contributed by atoms with E-state index in [1.807, 2.05) is 0 Å². The second kappa shape index (κ2) is 6.83. The van der Waals surface area contributed by atoms with Crippen LogP contribution in [-0.2, 0) is 7.05 Å². The van der Waals surface area contributed by atoms with Crippen LogP contribution in [0.5, 0.6) is 5.75 Å². The summed E-state index contributed by atoms with van der Waals surface area (Å²) in [5, 5.41) is 3.58. The van der Waals surface area contributed by atoms with E-state index in [0.717, 1.165) is 5.56 Å². The molecule has 1 aliphatic rings. The summed E-state index contributed by atoms with van der Waals surface area (Å²) in [6.07, 6.45) is 0.582. The van der Waals surface area contributed by atoms with Crippen LogP contribution in [0.4, 0.5) is 4.39 Å². The number of aromatic nitrogens is 1. The van der Waals surface area contributed by atoms with Crippen molar-refractivity contribution in [2.45, 2.75) is 12.5 Å². The van der Waals surface area contributed by atoms with E-state index in [0.29, 0.717) is 40.9 Å². The number of hydrogen-bond donors (Lipinski definition) is 2. The molecule has 0 saturated carbocycles. The summed E-state index contributed by atoms with van der Waals surface area (Å²) >= 11 is 5.86. The van der Waals surface area contributed by atoms with Gasteiger partial charge in [0.1, 0.15) is 17.3 Å². The average Bonchev–Trinajstić information content (AvgIpc) is 2.98. The molecule has 0 unspecified atom stereocenters. The van der Waals surface area contributed by atoms with Gasteiger partial charge in [0.15, 0.2) is 0 Å². The van der Waals surface area contributed by atoms with Crippen molar-refractivity contribution in [3.05, 3.63) is 64.1 Å². The van der Waals surface area contributed by atoms with Crippen molar-refractivity contribution < 1.29 is 18.7 Å². The summed E-state index contributed by atoms with van der Waals surface area (Å²) in [4.78, 5) is 24.2. The summed E-state index contributed by atoms with van der Waals surface area (Å²) < 4.78 is 21.0. The molecule has 8 heteroatoms. The van der Waals surface area contributed by atoms with Crippen LogP contribution in [0.2, 0.25) is 5.02 Å². The molecule has 144 valence electrons. The normalized spacial score (nSPS) is 15.8. The van der Waals surface area contributed by atoms with Crippen molar-refractivity contribution in [2.75, 3.05) is 6.61 Å². The average molecular weight is 402 g/mol. The first-order chi connectivity index (χ1) is 13.3. The molecule has 0 spiro atoms. The third-order valence-corrected chi connectivity index (χ3v) is 5.25. The van der Waals surface area contributed by atoms with Gasteiger partial charge in [-0.05, 0) is 30.3 Å².